The molecule has 0 aromatic heterocycles. The Kier molecular flexibility index (Phi) is 3.14. The van der Waals surface area contributed by atoms with Crippen LogP contribution in [-0.4, -0.2) is 54.6 Å². The minimum atomic E-state index is 0.255. The largest absolute Gasteiger partial charge is 0.323 e. The Bertz CT molecular complexity index is 240. The molecule has 1 saturated carbocycles. The number of urea groups is 1. The van der Waals surface area contributed by atoms with Crippen LogP contribution in [0, 0.1) is 0 Å². The monoisotopic (exact) mass is 211 g/mol. The van der Waals surface area contributed by atoms with E-state index in [9.17, 15) is 4.79 Å². The molecule has 1 N–H and O–H groups in total. The number of hydrogen-bond donors (Lipinski definition) is 1. The number of rotatable bonds is 4. The summed E-state index contributed by atoms with van der Waals surface area (Å²) in [5.41, 5.74) is 0. The second-order valence-electron chi connectivity index (χ2n) is 4.70. The first-order chi connectivity index (χ1) is 7.22. The summed E-state index contributed by atoms with van der Waals surface area (Å²) in [6.07, 6.45) is 3.54. The van der Waals surface area contributed by atoms with Crippen LogP contribution < -0.4 is 5.32 Å². The summed E-state index contributed by atoms with van der Waals surface area (Å²) >= 11 is 0. The molecule has 1 saturated heterocycles. The smallest absolute Gasteiger partial charge is 0.320 e. The summed E-state index contributed by atoms with van der Waals surface area (Å²) in [5.74, 6) is 0. The van der Waals surface area contributed by atoms with Crippen LogP contribution in [0.15, 0.2) is 0 Å². The number of carbonyl (C=O) groups is 1. The van der Waals surface area contributed by atoms with Gasteiger partial charge in [0.2, 0.25) is 0 Å². The highest BCUT2D eigenvalue weighted by Crippen LogP contribution is 2.29. The van der Waals surface area contributed by atoms with Crippen molar-refractivity contribution in [1.82, 2.24) is 15.1 Å². The molecule has 2 rings (SSSR count). The fourth-order valence-corrected chi connectivity index (χ4v) is 2.12. The van der Waals surface area contributed by atoms with Crippen LogP contribution in [0.1, 0.15) is 26.2 Å². The predicted molar refractivity (Wildman–Crippen MR) is 59.8 cm³/mol. The molecule has 2 amide bonds. The number of carbonyl (C=O) groups excluding carboxylic acids is 1. The molecule has 1 aliphatic heterocycles. The molecule has 0 radical (unpaired) electrons. The van der Waals surface area contributed by atoms with Gasteiger partial charge in [-0.15, -0.1) is 0 Å². The average Bonchev–Trinajstić information content (AvgIpc) is 3.04. The Labute approximate surface area is 91.6 Å². The van der Waals surface area contributed by atoms with Gasteiger partial charge in [-0.25, -0.2) is 4.79 Å². The molecule has 4 nitrogen and oxygen atoms in total. The van der Waals surface area contributed by atoms with Gasteiger partial charge in [-0.3, -0.25) is 0 Å². The van der Waals surface area contributed by atoms with Crippen molar-refractivity contribution < 1.29 is 4.79 Å². The average molecular weight is 211 g/mol. The molecule has 15 heavy (non-hydrogen) atoms. The van der Waals surface area contributed by atoms with E-state index in [1.54, 1.807) is 0 Å². The zero-order valence-electron chi connectivity index (χ0n) is 9.70. The normalized spacial score (nSPS) is 24.5. The Morgan fingerprint density at radius 2 is 2.20 bits per heavy atom. The van der Waals surface area contributed by atoms with Crippen LogP contribution in [-0.2, 0) is 0 Å². The number of hydrogen-bond acceptors (Lipinski definition) is 2. The van der Waals surface area contributed by atoms with Gasteiger partial charge in [-0.1, -0.05) is 0 Å². The first kappa shape index (κ1) is 10.7. The summed E-state index contributed by atoms with van der Waals surface area (Å²) in [4.78, 5) is 16.1. The zero-order chi connectivity index (χ0) is 10.8. The topological polar surface area (TPSA) is 35.6 Å². The summed E-state index contributed by atoms with van der Waals surface area (Å²) < 4.78 is 0. The second-order valence-corrected chi connectivity index (χ2v) is 4.70. The van der Waals surface area contributed by atoms with Crippen molar-refractivity contribution in [3.63, 3.8) is 0 Å². The molecule has 0 aromatic rings. The Morgan fingerprint density at radius 1 is 1.47 bits per heavy atom. The maximum Gasteiger partial charge on any atom is 0.320 e. The Balaban J connectivity index is 1.90. The Hall–Kier alpha value is -0.770. The lowest BCUT2D eigenvalue weighted by atomic mass is 10.2. The summed E-state index contributed by atoms with van der Waals surface area (Å²) in [6.45, 7) is 4.84. The molecule has 4 heteroatoms. The fraction of sp³-hybridized carbons (Fsp3) is 0.909. The lowest BCUT2D eigenvalue weighted by molar-refractivity contribution is 0.122. The van der Waals surface area contributed by atoms with E-state index in [0.29, 0.717) is 12.1 Å². The summed E-state index contributed by atoms with van der Waals surface area (Å²) in [6, 6.07) is 1.20. The Morgan fingerprint density at radius 3 is 2.80 bits per heavy atom. The maximum atomic E-state index is 12.1. The molecular weight excluding hydrogens is 190 g/mol. The number of nitrogens with zero attached hydrogens (tertiary/aromatic N) is 2. The van der Waals surface area contributed by atoms with Gasteiger partial charge in [0.05, 0.1) is 0 Å². The summed E-state index contributed by atoms with van der Waals surface area (Å²) in [7, 11) is 1.94. The highest BCUT2D eigenvalue weighted by atomic mass is 16.2. The first-order valence-corrected chi connectivity index (χ1v) is 5.95. The van der Waals surface area contributed by atoms with Gasteiger partial charge in [0.15, 0.2) is 0 Å². The zero-order valence-corrected chi connectivity index (χ0v) is 9.70. The molecule has 1 heterocycles. The third-order valence-corrected chi connectivity index (χ3v) is 3.32. The van der Waals surface area contributed by atoms with Crippen LogP contribution in [0.25, 0.3) is 0 Å². The van der Waals surface area contributed by atoms with Crippen LogP contribution in [0.2, 0.25) is 0 Å². The van der Waals surface area contributed by atoms with Crippen LogP contribution >= 0.6 is 0 Å². The van der Waals surface area contributed by atoms with Crippen molar-refractivity contribution in [1.29, 1.82) is 0 Å². The van der Waals surface area contributed by atoms with Crippen molar-refractivity contribution in [3.05, 3.63) is 0 Å². The van der Waals surface area contributed by atoms with Crippen LogP contribution in [0.4, 0.5) is 4.79 Å². The minimum Gasteiger partial charge on any atom is -0.323 e. The number of likely N-dealkylation sites (N-methyl/N-ethyl adjacent to an activating group) is 1. The predicted octanol–water partition coefficient (Wildman–Crippen LogP) is 0.884. The van der Waals surface area contributed by atoms with Crippen molar-refractivity contribution in [2.45, 2.75) is 38.3 Å². The van der Waals surface area contributed by atoms with Gasteiger partial charge in [-0.05, 0) is 33.2 Å². The molecular formula is C11H21N3O. The molecule has 0 bridgehead atoms. The van der Waals surface area contributed by atoms with Crippen LogP contribution in [0.5, 0.6) is 0 Å². The second kappa shape index (κ2) is 4.39. The van der Waals surface area contributed by atoms with Crippen molar-refractivity contribution in [2.75, 3.05) is 26.7 Å². The SMILES string of the molecule is CNC(C)CN1CCCN(C2CC2)C1=O. The molecule has 86 valence electrons. The van der Waals surface area contributed by atoms with Gasteiger partial charge >= 0.3 is 6.03 Å². The summed E-state index contributed by atoms with van der Waals surface area (Å²) in [5, 5.41) is 3.18. The van der Waals surface area contributed by atoms with E-state index in [0.717, 1.165) is 26.1 Å². The van der Waals surface area contributed by atoms with E-state index in [2.05, 4.69) is 17.1 Å². The third kappa shape index (κ3) is 2.43. The van der Waals surface area contributed by atoms with E-state index in [-0.39, 0.29) is 6.03 Å². The van der Waals surface area contributed by atoms with E-state index in [1.807, 2.05) is 11.9 Å². The van der Waals surface area contributed by atoms with Crippen LogP contribution in [0.3, 0.4) is 0 Å². The van der Waals surface area contributed by atoms with Gasteiger partial charge in [-0.2, -0.15) is 0 Å². The quantitative estimate of drug-likeness (QED) is 0.749. The van der Waals surface area contributed by atoms with E-state index in [4.69, 9.17) is 0 Å². The molecule has 1 aliphatic carbocycles. The molecule has 1 atom stereocenters. The van der Waals surface area contributed by atoms with Crippen molar-refractivity contribution in [3.8, 4) is 0 Å². The van der Waals surface area contributed by atoms with E-state index < -0.39 is 0 Å². The minimum absolute atomic E-state index is 0.255. The molecule has 2 aliphatic rings. The van der Waals surface area contributed by atoms with E-state index >= 15 is 0 Å². The highest BCUT2D eigenvalue weighted by Gasteiger charge is 2.36. The molecule has 2 fully saturated rings. The van der Waals surface area contributed by atoms with Gasteiger partial charge in [0.25, 0.3) is 0 Å². The highest BCUT2D eigenvalue weighted by molar-refractivity contribution is 5.76. The molecule has 1 unspecified atom stereocenters. The van der Waals surface area contributed by atoms with Gasteiger partial charge in [0.1, 0.15) is 0 Å². The lowest BCUT2D eigenvalue weighted by Crippen LogP contribution is -2.53. The standard InChI is InChI=1S/C11H21N3O/c1-9(12-2)8-13-6-3-7-14(11(13)15)10-4-5-10/h9-10,12H,3-8H2,1-2H3. The van der Waals surface area contributed by atoms with Crippen molar-refractivity contribution >= 4 is 6.03 Å². The third-order valence-electron chi connectivity index (χ3n) is 3.32. The fourth-order valence-electron chi connectivity index (χ4n) is 2.12. The van der Waals surface area contributed by atoms with Gasteiger partial charge in [0, 0.05) is 31.7 Å². The first-order valence-electron chi connectivity index (χ1n) is 5.95. The van der Waals surface area contributed by atoms with E-state index in [1.165, 1.54) is 12.8 Å². The molecule has 0 aromatic carbocycles. The number of nitrogens with one attached hydrogen (secondary N) is 1. The maximum absolute atomic E-state index is 12.1. The number of amides is 2. The van der Waals surface area contributed by atoms with Gasteiger partial charge < -0.3 is 15.1 Å². The lowest BCUT2D eigenvalue weighted by Gasteiger charge is -2.37. The molecule has 0 spiro atoms. The van der Waals surface area contributed by atoms with Crippen molar-refractivity contribution in [2.24, 2.45) is 0 Å².